The van der Waals surface area contributed by atoms with Crippen molar-refractivity contribution in [3.63, 3.8) is 0 Å². The van der Waals surface area contributed by atoms with E-state index in [0.717, 1.165) is 30.2 Å². The van der Waals surface area contributed by atoms with E-state index < -0.39 is 0 Å². The van der Waals surface area contributed by atoms with Gasteiger partial charge in [0.05, 0.1) is 13.2 Å². The summed E-state index contributed by atoms with van der Waals surface area (Å²) in [6, 6.07) is 7.97. The number of rotatable bonds is 5. The second-order valence-corrected chi connectivity index (χ2v) is 7.67. The van der Waals surface area contributed by atoms with Gasteiger partial charge in [-0.3, -0.25) is 4.79 Å². The summed E-state index contributed by atoms with van der Waals surface area (Å²) in [5, 5.41) is 8.75. The van der Waals surface area contributed by atoms with Crippen LogP contribution in [0.1, 0.15) is 6.42 Å². The van der Waals surface area contributed by atoms with Crippen molar-refractivity contribution in [3.8, 4) is 0 Å². The Labute approximate surface area is 198 Å². The Balaban J connectivity index is 1.62. The molecule has 1 aromatic carbocycles. The molecule has 1 aromatic rings. The quantitative estimate of drug-likeness (QED) is 0.462. The fraction of sp³-hybridized carbons (Fsp3) is 0.240. The van der Waals surface area contributed by atoms with Gasteiger partial charge < -0.3 is 25.6 Å². The standard InChI is InChI=1S/C25H26N6O3/c32-17-24-26-11-3-8-23(19-4-1-5-20(10-9-19)27-18-33)29-25(30-24)28-21-6-2-7-22(16-21)31-12-14-34-15-13-31/h1-7,9-11,16,18-19,26H,8,12-15H2,(H,27,33)(H,28,30)/b11-3-,29-23?. The molecule has 0 spiro atoms. The number of carbonyl (C=O) groups is 1. The Morgan fingerprint density at radius 2 is 2.09 bits per heavy atom. The van der Waals surface area contributed by atoms with Gasteiger partial charge in [-0.05, 0) is 36.6 Å². The molecule has 2 heterocycles. The Hall–Kier alpha value is -4.20. The summed E-state index contributed by atoms with van der Waals surface area (Å²) >= 11 is 0. The van der Waals surface area contributed by atoms with Crippen LogP contribution in [0.4, 0.5) is 11.4 Å². The smallest absolute Gasteiger partial charge is 0.229 e. The largest absolute Gasteiger partial charge is 0.378 e. The minimum absolute atomic E-state index is 0.0270. The third-order valence-electron chi connectivity index (χ3n) is 5.40. The van der Waals surface area contributed by atoms with Gasteiger partial charge >= 0.3 is 0 Å². The zero-order valence-electron chi connectivity index (χ0n) is 18.6. The second-order valence-electron chi connectivity index (χ2n) is 7.67. The molecular weight excluding hydrogens is 432 g/mol. The number of nitrogens with zero attached hydrogens (tertiary/aromatic N) is 3. The molecule has 1 fully saturated rings. The number of ether oxygens (including phenoxy) is 1. The predicted octanol–water partition coefficient (Wildman–Crippen LogP) is 2.28. The van der Waals surface area contributed by atoms with Crippen molar-refractivity contribution in [1.82, 2.24) is 10.6 Å². The highest BCUT2D eigenvalue weighted by Crippen LogP contribution is 2.21. The van der Waals surface area contributed by atoms with Crippen LogP contribution >= 0.6 is 0 Å². The molecule has 0 bridgehead atoms. The molecule has 174 valence electrons. The van der Waals surface area contributed by atoms with Gasteiger partial charge in [0, 0.05) is 48.2 Å². The summed E-state index contributed by atoms with van der Waals surface area (Å²) < 4.78 is 5.45. The number of amides is 1. The maximum atomic E-state index is 11.4. The molecular formula is C25H26N6O3. The number of anilines is 2. The molecule has 1 atom stereocenters. The van der Waals surface area contributed by atoms with Crippen LogP contribution in [0, 0.1) is 5.92 Å². The zero-order valence-corrected chi connectivity index (χ0v) is 18.6. The first-order chi connectivity index (χ1) is 16.7. The van der Waals surface area contributed by atoms with Gasteiger partial charge in [0.1, 0.15) is 0 Å². The molecule has 3 N–H and O–H groups in total. The van der Waals surface area contributed by atoms with Crippen LogP contribution in [-0.2, 0) is 14.3 Å². The highest BCUT2D eigenvalue weighted by Gasteiger charge is 2.15. The number of hydrogen-bond donors (Lipinski definition) is 3. The fourth-order valence-corrected chi connectivity index (χ4v) is 3.70. The third kappa shape index (κ3) is 6.19. The number of aliphatic imine (C=N–C) groups is 2. The number of hydrogen-bond acceptors (Lipinski definition) is 8. The lowest BCUT2D eigenvalue weighted by molar-refractivity contribution is -0.108. The molecule has 4 rings (SSSR count). The van der Waals surface area contributed by atoms with E-state index in [1.165, 1.54) is 0 Å². The zero-order chi connectivity index (χ0) is 23.6. The molecule has 0 radical (unpaired) electrons. The van der Waals surface area contributed by atoms with Crippen molar-refractivity contribution in [2.75, 3.05) is 36.5 Å². The number of allylic oxidation sites excluding steroid dienone is 6. The van der Waals surface area contributed by atoms with Crippen LogP contribution < -0.4 is 20.9 Å². The van der Waals surface area contributed by atoms with E-state index in [0.29, 0.717) is 31.7 Å². The van der Waals surface area contributed by atoms with E-state index in [9.17, 15) is 9.59 Å². The van der Waals surface area contributed by atoms with Gasteiger partial charge in [-0.1, -0.05) is 30.4 Å². The first kappa shape index (κ1) is 23.0. The third-order valence-corrected chi connectivity index (χ3v) is 5.40. The minimum atomic E-state index is -0.125. The van der Waals surface area contributed by atoms with Crippen LogP contribution in [0.25, 0.3) is 0 Å². The van der Waals surface area contributed by atoms with E-state index in [1.807, 2.05) is 60.6 Å². The Morgan fingerprint density at radius 3 is 2.91 bits per heavy atom. The Kier molecular flexibility index (Phi) is 7.84. The molecule has 1 saturated heterocycles. The summed E-state index contributed by atoms with van der Waals surface area (Å²) in [6.07, 6.45) is 14.2. The average Bonchev–Trinajstić information content (AvgIpc) is 3.05. The van der Waals surface area contributed by atoms with Crippen molar-refractivity contribution in [1.29, 1.82) is 0 Å². The molecule has 2 aliphatic heterocycles. The Bertz CT molecular complexity index is 1140. The van der Waals surface area contributed by atoms with Crippen molar-refractivity contribution < 1.29 is 14.3 Å². The monoisotopic (exact) mass is 458 g/mol. The predicted molar refractivity (Wildman–Crippen MR) is 133 cm³/mol. The summed E-state index contributed by atoms with van der Waals surface area (Å²) in [4.78, 5) is 33.6. The van der Waals surface area contributed by atoms with Crippen molar-refractivity contribution in [2.24, 2.45) is 15.9 Å². The van der Waals surface area contributed by atoms with Crippen LogP contribution in [0.3, 0.4) is 0 Å². The molecule has 1 aliphatic carbocycles. The highest BCUT2D eigenvalue weighted by molar-refractivity contribution is 6.06. The van der Waals surface area contributed by atoms with Crippen LogP contribution in [0.2, 0.25) is 0 Å². The Morgan fingerprint density at radius 1 is 1.21 bits per heavy atom. The lowest BCUT2D eigenvalue weighted by Gasteiger charge is -2.29. The fourth-order valence-electron chi connectivity index (χ4n) is 3.70. The molecule has 1 unspecified atom stereocenters. The van der Waals surface area contributed by atoms with Gasteiger partial charge in [-0.15, -0.1) is 0 Å². The molecule has 0 aromatic heterocycles. The van der Waals surface area contributed by atoms with E-state index in [1.54, 1.807) is 6.20 Å². The summed E-state index contributed by atoms with van der Waals surface area (Å²) in [5.74, 6) is 1.98. The van der Waals surface area contributed by atoms with Gasteiger partial charge in [-0.25, -0.2) is 9.79 Å². The van der Waals surface area contributed by atoms with E-state index >= 15 is 0 Å². The first-order valence-corrected chi connectivity index (χ1v) is 11.0. The minimum Gasteiger partial charge on any atom is -0.378 e. The normalized spacial score (nSPS) is 21.3. The van der Waals surface area contributed by atoms with Crippen molar-refractivity contribution in [3.05, 3.63) is 78.4 Å². The molecule has 3 aliphatic rings. The van der Waals surface area contributed by atoms with Crippen LogP contribution in [-0.4, -0.2) is 50.3 Å². The number of carbonyl (C=O) groups excluding carboxylic acids is 2. The first-order valence-electron chi connectivity index (χ1n) is 11.0. The van der Waals surface area contributed by atoms with Crippen molar-refractivity contribution >= 4 is 35.4 Å². The van der Waals surface area contributed by atoms with Gasteiger partial charge in [0.25, 0.3) is 0 Å². The second kappa shape index (κ2) is 11.6. The van der Waals surface area contributed by atoms with Crippen LogP contribution in [0.15, 0.2) is 88.4 Å². The molecule has 1 amide bonds. The number of benzene rings is 1. The van der Waals surface area contributed by atoms with Crippen LogP contribution in [0.5, 0.6) is 0 Å². The molecule has 34 heavy (non-hydrogen) atoms. The summed E-state index contributed by atoms with van der Waals surface area (Å²) in [6.45, 7) is 3.06. The maximum Gasteiger partial charge on any atom is 0.229 e. The summed E-state index contributed by atoms with van der Waals surface area (Å²) in [7, 11) is 0. The number of morpholine rings is 1. The number of nitrogens with one attached hydrogen (secondary N) is 3. The molecule has 9 nitrogen and oxygen atoms in total. The van der Waals surface area contributed by atoms with E-state index in [2.05, 4.69) is 31.9 Å². The van der Waals surface area contributed by atoms with Gasteiger partial charge in [-0.2, -0.15) is 4.99 Å². The van der Waals surface area contributed by atoms with E-state index in [-0.39, 0.29) is 17.7 Å². The molecule has 9 heteroatoms. The SMILES string of the molecule is O=C=C1N=C(Nc2cccc(N3CCOCC3)c2)N=C(C2C=CC=C(NC=O)C=C2)C/C=C\N1. The number of guanidine groups is 1. The lowest BCUT2D eigenvalue weighted by atomic mass is 9.99. The lowest BCUT2D eigenvalue weighted by Crippen LogP contribution is -2.36. The van der Waals surface area contributed by atoms with Gasteiger partial charge in [0.15, 0.2) is 5.94 Å². The topological polar surface area (TPSA) is 107 Å². The van der Waals surface area contributed by atoms with Gasteiger partial charge in [0.2, 0.25) is 18.2 Å². The highest BCUT2D eigenvalue weighted by atomic mass is 16.5. The molecule has 0 saturated carbocycles. The van der Waals surface area contributed by atoms with E-state index in [4.69, 9.17) is 9.73 Å². The average molecular weight is 459 g/mol. The van der Waals surface area contributed by atoms with Crippen molar-refractivity contribution in [2.45, 2.75) is 6.42 Å². The maximum absolute atomic E-state index is 11.4. The summed E-state index contributed by atoms with van der Waals surface area (Å²) in [5.41, 5.74) is 3.37.